The first-order valence-corrected chi connectivity index (χ1v) is 6.23. The fourth-order valence-corrected chi connectivity index (χ4v) is 2.20. The molecule has 1 rings (SSSR count). The van der Waals surface area contributed by atoms with Crippen molar-refractivity contribution in [2.75, 3.05) is 13.1 Å². The van der Waals surface area contributed by atoms with Crippen LogP contribution in [-0.2, 0) is 0 Å². The van der Waals surface area contributed by atoms with E-state index in [0.29, 0.717) is 19.1 Å². The number of amides is 2. The average Bonchev–Trinajstić information content (AvgIpc) is 2.63. The van der Waals surface area contributed by atoms with Crippen LogP contribution >= 0.6 is 0 Å². The van der Waals surface area contributed by atoms with Crippen LogP contribution in [0.5, 0.6) is 0 Å². The molecule has 16 heavy (non-hydrogen) atoms. The quantitative estimate of drug-likeness (QED) is 0.771. The molecular weight excluding hydrogens is 202 g/mol. The topological polar surface area (TPSA) is 58.4 Å². The van der Waals surface area contributed by atoms with Gasteiger partial charge in [-0.25, -0.2) is 4.79 Å². The van der Waals surface area contributed by atoms with Gasteiger partial charge in [-0.05, 0) is 33.6 Å². The van der Waals surface area contributed by atoms with E-state index in [1.165, 1.54) is 12.8 Å². The lowest BCUT2D eigenvalue weighted by Crippen LogP contribution is -2.52. The fraction of sp³-hybridized carbons (Fsp3) is 0.917. The highest BCUT2D eigenvalue weighted by Gasteiger charge is 2.27. The van der Waals surface area contributed by atoms with Gasteiger partial charge < -0.3 is 16.0 Å². The van der Waals surface area contributed by atoms with Gasteiger partial charge in [-0.15, -0.1) is 0 Å². The maximum Gasteiger partial charge on any atom is 0.318 e. The number of nitrogens with two attached hydrogens (primary N) is 1. The lowest BCUT2D eigenvalue weighted by molar-refractivity contribution is 0.168. The standard InChI is InChI=1S/C12H25N3O/c1-12(2,3)14-11(16)15(9-8-13)10-6-4-5-7-10/h10H,4-9,13H2,1-3H3,(H,14,16). The molecule has 0 spiro atoms. The Morgan fingerprint density at radius 1 is 1.38 bits per heavy atom. The zero-order chi connectivity index (χ0) is 12.2. The molecule has 0 aromatic carbocycles. The Balaban J connectivity index is 2.57. The van der Waals surface area contributed by atoms with Crippen LogP contribution in [-0.4, -0.2) is 35.6 Å². The van der Waals surface area contributed by atoms with Crippen LogP contribution in [0.1, 0.15) is 46.5 Å². The van der Waals surface area contributed by atoms with Crippen molar-refractivity contribution in [1.82, 2.24) is 10.2 Å². The molecule has 0 aromatic heterocycles. The number of urea groups is 1. The first-order chi connectivity index (χ1) is 7.44. The minimum atomic E-state index is -0.178. The summed E-state index contributed by atoms with van der Waals surface area (Å²) in [5.41, 5.74) is 5.40. The predicted octanol–water partition coefficient (Wildman–Crippen LogP) is 1.70. The van der Waals surface area contributed by atoms with Gasteiger partial charge in [0.25, 0.3) is 0 Å². The maximum absolute atomic E-state index is 12.1. The molecule has 0 aromatic rings. The third kappa shape index (κ3) is 4.00. The van der Waals surface area contributed by atoms with Gasteiger partial charge in [0, 0.05) is 24.7 Å². The van der Waals surface area contributed by atoms with Gasteiger partial charge in [-0.2, -0.15) is 0 Å². The Labute approximate surface area is 98.6 Å². The van der Waals surface area contributed by atoms with E-state index >= 15 is 0 Å². The number of nitrogens with one attached hydrogen (secondary N) is 1. The van der Waals surface area contributed by atoms with Crippen LogP contribution in [0.3, 0.4) is 0 Å². The molecule has 0 unspecified atom stereocenters. The van der Waals surface area contributed by atoms with Crippen molar-refractivity contribution < 1.29 is 4.79 Å². The molecular formula is C12H25N3O. The van der Waals surface area contributed by atoms with E-state index in [1.807, 2.05) is 25.7 Å². The fourth-order valence-electron chi connectivity index (χ4n) is 2.20. The Morgan fingerprint density at radius 3 is 2.38 bits per heavy atom. The number of carbonyl (C=O) groups is 1. The minimum Gasteiger partial charge on any atom is -0.333 e. The molecule has 1 fully saturated rings. The van der Waals surface area contributed by atoms with E-state index in [-0.39, 0.29) is 11.6 Å². The van der Waals surface area contributed by atoms with Crippen LogP contribution in [0, 0.1) is 0 Å². The van der Waals surface area contributed by atoms with Crippen molar-refractivity contribution in [2.24, 2.45) is 5.73 Å². The summed E-state index contributed by atoms with van der Waals surface area (Å²) in [6, 6.07) is 0.427. The van der Waals surface area contributed by atoms with Crippen LogP contribution in [0.2, 0.25) is 0 Å². The molecule has 2 amide bonds. The molecule has 0 saturated heterocycles. The number of carbonyl (C=O) groups excluding carboxylic acids is 1. The lowest BCUT2D eigenvalue weighted by Gasteiger charge is -2.32. The van der Waals surface area contributed by atoms with Crippen molar-refractivity contribution in [1.29, 1.82) is 0 Å². The van der Waals surface area contributed by atoms with Crippen LogP contribution < -0.4 is 11.1 Å². The molecule has 4 heteroatoms. The molecule has 1 saturated carbocycles. The summed E-state index contributed by atoms with van der Waals surface area (Å²) in [7, 11) is 0. The molecule has 3 N–H and O–H groups in total. The van der Waals surface area contributed by atoms with Gasteiger partial charge in [0.2, 0.25) is 0 Å². The zero-order valence-corrected chi connectivity index (χ0v) is 10.8. The maximum atomic E-state index is 12.1. The summed E-state index contributed by atoms with van der Waals surface area (Å²) < 4.78 is 0. The molecule has 0 bridgehead atoms. The summed E-state index contributed by atoms with van der Waals surface area (Å²) in [6.45, 7) is 7.20. The second kappa shape index (κ2) is 5.53. The number of hydrogen-bond acceptors (Lipinski definition) is 2. The highest BCUT2D eigenvalue weighted by molar-refractivity contribution is 5.75. The van der Waals surface area contributed by atoms with Gasteiger partial charge in [0.1, 0.15) is 0 Å². The van der Waals surface area contributed by atoms with Gasteiger partial charge in [0.15, 0.2) is 0 Å². The second-order valence-corrected chi connectivity index (χ2v) is 5.60. The van der Waals surface area contributed by atoms with Gasteiger partial charge >= 0.3 is 6.03 Å². The van der Waals surface area contributed by atoms with Crippen LogP contribution in [0.15, 0.2) is 0 Å². The third-order valence-corrected chi connectivity index (χ3v) is 2.88. The van der Waals surface area contributed by atoms with E-state index in [2.05, 4.69) is 5.32 Å². The summed E-state index contributed by atoms with van der Waals surface area (Å²) >= 11 is 0. The van der Waals surface area contributed by atoms with Gasteiger partial charge in [-0.3, -0.25) is 0 Å². The van der Waals surface area contributed by atoms with Crippen LogP contribution in [0.4, 0.5) is 4.79 Å². The normalized spacial score (nSPS) is 17.5. The molecule has 1 aliphatic carbocycles. The van der Waals surface area contributed by atoms with Crippen LogP contribution in [0.25, 0.3) is 0 Å². The lowest BCUT2D eigenvalue weighted by atomic mass is 10.1. The Kier molecular flexibility index (Phi) is 4.59. The number of nitrogens with zero attached hydrogens (tertiary/aromatic N) is 1. The average molecular weight is 227 g/mol. The molecule has 94 valence electrons. The monoisotopic (exact) mass is 227 g/mol. The zero-order valence-electron chi connectivity index (χ0n) is 10.8. The van der Waals surface area contributed by atoms with Crippen molar-refractivity contribution in [3.63, 3.8) is 0 Å². The summed E-state index contributed by atoms with van der Waals surface area (Å²) in [5, 5.41) is 3.01. The Morgan fingerprint density at radius 2 is 1.94 bits per heavy atom. The summed E-state index contributed by atoms with van der Waals surface area (Å²) in [6.07, 6.45) is 4.71. The van der Waals surface area contributed by atoms with E-state index in [9.17, 15) is 4.79 Å². The van der Waals surface area contributed by atoms with Crippen molar-refractivity contribution in [3.05, 3.63) is 0 Å². The van der Waals surface area contributed by atoms with E-state index < -0.39 is 0 Å². The first kappa shape index (κ1) is 13.3. The largest absolute Gasteiger partial charge is 0.333 e. The molecule has 0 aliphatic heterocycles. The molecule has 1 aliphatic rings. The highest BCUT2D eigenvalue weighted by atomic mass is 16.2. The SMILES string of the molecule is CC(C)(C)NC(=O)N(CCN)C1CCCC1. The van der Waals surface area contributed by atoms with Gasteiger partial charge in [0.05, 0.1) is 0 Å². The van der Waals surface area contributed by atoms with Gasteiger partial charge in [-0.1, -0.05) is 12.8 Å². The second-order valence-electron chi connectivity index (χ2n) is 5.60. The van der Waals surface area contributed by atoms with E-state index in [0.717, 1.165) is 12.8 Å². The Hall–Kier alpha value is -0.770. The van der Waals surface area contributed by atoms with E-state index in [4.69, 9.17) is 5.73 Å². The molecule has 0 heterocycles. The third-order valence-electron chi connectivity index (χ3n) is 2.88. The highest BCUT2D eigenvalue weighted by Crippen LogP contribution is 2.23. The first-order valence-electron chi connectivity index (χ1n) is 6.23. The number of rotatable bonds is 3. The van der Waals surface area contributed by atoms with E-state index in [1.54, 1.807) is 0 Å². The smallest absolute Gasteiger partial charge is 0.318 e. The Bertz CT molecular complexity index is 229. The molecule has 0 radical (unpaired) electrons. The molecule has 0 atom stereocenters. The summed E-state index contributed by atoms with van der Waals surface area (Å²) in [5.74, 6) is 0. The van der Waals surface area contributed by atoms with Crippen molar-refractivity contribution in [2.45, 2.75) is 58.0 Å². The van der Waals surface area contributed by atoms with Crippen molar-refractivity contribution in [3.8, 4) is 0 Å². The predicted molar refractivity (Wildman–Crippen MR) is 66.3 cm³/mol. The molecule has 4 nitrogen and oxygen atoms in total. The summed E-state index contributed by atoms with van der Waals surface area (Å²) in [4.78, 5) is 14.0. The number of hydrogen-bond donors (Lipinski definition) is 2. The van der Waals surface area contributed by atoms with Crippen molar-refractivity contribution >= 4 is 6.03 Å². The minimum absolute atomic E-state index is 0.0323.